The smallest absolute Gasteiger partial charge is 0.251 e. The van der Waals surface area contributed by atoms with Gasteiger partial charge in [-0.1, -0.05) is 12.1 Å². The summed E-state index contributed by atoms with van der Waals surface area (Å²) >= 11 is 0. The van der Waals surface area contributed by atoms with Crippen LogP contribution in [0.3, 0.4) is 0 Å². The first-order chi connectivity index (χ1) is 9.28. The highest BCUT2D eigenvalue weighted by atomic mass is 16.1. The number of hydrogen-bond acceptors (Lipinski definition) is 2. The maximum atomic E-state index is 11.7. The van der Waals surface area contributed by atoms with Crippen LogP contribution >= 0.6 is 0 Å². The molecule has 2 aliphatic rings. The molecule has 1 aromatic carbocycles. The lowest BCUT2D eigenvalue weighted by atomic mass is 10.00. The lowest BCUT2D eigenvalue weighted by molar-refractivity contribution is 0.0963. The molecule has 3 rings (SSSR count). The molecule has 1 heterocycles. The molecule has 1 N–H and O–H groups in total. The van der Waals surface area contributed by atoms with Crippen LogP contribution in [0, 0.1) is 0 Å². The van der Waals surface area contributed by atoms with Crippen molar-refractivity contribution in [3.8, 4) is 0 Å². The second-order valence-electron chi connectivity index (χ2n) is 5.00. The molecule has 0 unspecified atom stereocenters. The van der Waals surface area contributed by atoms with Crippen LogP contribution in [0.5, 0.6) is 0 Å². The molecule has 3 heteroatoms. The molecule has 1 amide bonds. The van der Waals surface area contributed by atoms with E-state index < -0.39 is 0 Å². The van der Waals surface area contributed by atoms with Crippen molar-refractivity contribution < 1.29 is 4.79 Å². The minimum Gasteiger partial charge on any atom is -0.371 e. The molecule has 1 aliphatic heterocycles. The van der Waals surface area contributed by atoms with Gasteiger partial charge in [0.2, 0.25) is 0 Å². The standard InChI is InChI=1S/C16H18N2O/c1-17-16(19)14-6-5-12-7-9-18(15-3-2-4-15)10-8-13(12)11-14/h2-6,11H,7-10H2,1H3,(H,17,19). The van der Waals surface area contributed by atoms with Gasteiger partial charge in [0.05, 0.1) is 0 Å². The number of carbonyl (C=O) groups is 1. The number of fused-ring (bicyclic) bond motifs is 1. The van der Waals surface area contributed by atoms with Gasteiger partial charge in [0.1, 0.15) is 0 Å². The summed E-state index contributed by atoms with van der Waals surface area (Å²) in [5.41, 5.74) is 4.78. The van der Waals surface area contributed by atoms with Crippen LogP contribution in [0.25, 0.3) is 0 Å². The van der Waals surface area contributed by atoms with Crippen LogP contribution in [0.15, 0.2) is 42.1 Å². The minimum absolute atomic E-state index is 0.00598. The first kappa shape index (κ1) is 12.0. The van der Waals surface area contributed by atoms with E-state index in [2.05, 4.69) is 34.5 Å². The molecule has 0 aromatic heterocycles. The van der Waals surface area contributed by atoms with E-state index in [1.54, 1.807) is 7.05 Å². The Morgan fingerprint density at radius 3 is 2.58 bits per heavy atom. The van der Waals surface area contributed by atoms with Gasteiger partial charge in [0.25, 0.3) is 5.91 Å². The van der Waals surface area contributed by atoms with Crippen molar-refractivity contribution in [2.45, 2.75) is 12.8 Å². The highest BCUT2D eigenvalue weighted by Crippen LogP contribution is 2.22. The molecule has 0 spiro atoms. The zero-order chi connectivity index (χ0) is 13.2. The first-order valence-electron chi connectivity index (χ1n) is 6.75. The van der Waals surface area contributed by atoms with Crippen LogP contribution in [-0.2, 0) is 12.8 Å². The van der Waals surface area contributed by atoms with Crippen molar-refractivity contribution >= 4 is 5.91 Å². The number of benzene rings is 1. The average Bonchev–Trinajstić information content (AvgIpc) is 2.58. The molecule has 0 bridgehead atoms. The molecule has 19 heavy (non-hydrogen) atoms. The summed E-state index contributed by atoms with van der Waals surface area (Å²) in [6, 6.07) is 6.08. The van der Waals surface area contributed by atoms with Crippen LogP contribution in [-0.4, -0.2) is 30.9 Å². The van der Waals surface area contributed by atoms with Crippen molar-refractivity contribution in [3.05, 3.63) is 58.8 Å². The van der Waals surface area contributed by atoms with Crippen LogP contribution in [0.4, 0.5) is 0 Å². The fourth-order valence-corrected chi connectivity index (χ4v) is 2.66. The molecule has 3 nitrogen and oxygen atoms in total. The van der Waals surface area contributed by atoms with Gasteiger partial charge in [0.15, 0.2) is 0 Å². The zero-order valence-corrected chi connectivity index (χ0v) is 11.1. The normalized spacial score (nSPS) is 17.1. The van der Waals surface area contributed by atoms with E-state index in [9.17, 15) is 4.79 Å². The van der Waals surface area contributed by atoms with Gasteiger partial charge in [-0.15, -0.1) is 0 Å². The maximum absolute atomic E-state index is 11.7. The predicted molar refractivity (Wildman–Crippen MR) is 76.0 cm³/mol. The number of nitrogens with zero attached hydrogens (tertiary/aromatic N) is 1. The number of hydrogen-bond donors (Lipinski definition) is 1. The molecule has 98 valence electrons. The van der Waals surface area contributed by atoms with Gasteiger partial charge >= 0.3 is 0 Å². The lowest BCUT2D eigenvalue weighted by Gasteiger charge is -2.26. The molecule has 0 saturated carbocycles. The summed E-state index contributed by atoms with van der Waals surface area (Å²) in [6.07, 6.45) is 8.45. The van der Waals surface area contributed by atoms with Crippen molar-refractivity contribution in [2.75, 3.05) is 20.1 Å². The largest absolute Gasteiger partial charge is 0.371 e. The molecule has 1 aromatic rings. The second kappa shape index (κ2) is 4.92. The summed E-state index contributed by atoms with van der Waals surface area (Å²) in [7, 11) is 1.67. The number of rotatable bonds is 2. The van der Waals surface area contributed by atoms with Crippen LogP contribution in [0.1, 0.15) is 21.5 Å². The molecule has 0 radical (unpaired) electrons. The average molecular weight is 254 g/mol. The first-order valence-corrected chi connectivity index (χ1v) is 6.75. The van der Waals surface area contributed by atoms with Gasteiger partial charge < -0.3 is 10.2 Å². The molecule has 1 aliphatic carbocycles. The van der Waals surface area contributed by atoms with E-state index in [4.69, 9.17) is 0 Å². The van der Waals surface area contributed by atoms with Gasteiger partial charge in [-0.05, 0) is 48.3 Å². The monoisotopic (exact) mass is 254 g/mol. The van der Waals surface area contributed by atoms with E-state index in [0.29, 0.717) is 0 Å². The minimum atomic E-state index is -0.00598. The summed E-state index contributed by atoms with van der Waals surface area (Å²) in [4.78, 5) is 14.1. The lowest BCUT2D eigenvalue weighted by Crippen LogP contribution is -2.26. The third-order valence-corrected chi connectivity index (χ3v) is 3.90. The van der Waals surface area contributed by atoms with Crippen molar-refractivity contribution in [3.63, 3.8) is 0 Å². The van der Waals surface area contributed by atoms with Crippen molar-refractivity contribution in [1.82, 2.24) is 10.2 Å². The summed E-state index contributed by atoms with van der Waals surface area (Å²) in [5.74, 6) is -0.00598. The maximum Gasteiger partial charge on any atom is 0.251 e. The van der Waals surface area contributed by atoms with E-state index in [0.717, 1.165) is 31.5 Å². The van der Waals surface area contributed by atoms with Crippen LogP contribution < -0.4 is 5.32 Å². The van der Waals surface area contributed by atoms with E-state index in [1.165, 1.54) is 16.8 Å². The highest BCUT2D eigenvalue weighted by Gasteiger charge is 2.17. The van der Waals surface area contributed by atoms with Crippen molar-refractivity contribution in [1.29, 1.82) is 0 Å². The summed E-state index contributed by atoms with van der Waals surface area (Å²) < 4.78 is 0. The highest BCUT2D eigenvalue weighted by molar-refractivity contribution is 5.94. The fourth-order valence-electron chi connectivity index (χ4n) is 2.66. The van der Waals surface area contributed by atoms with Gasteiger partial charge in [-0.3, -0.25) is 4.79 Å². The molecule has 0 fully saturated rings. The Balaban J connectivity index is 1.80. The molecular weight excluding hydrogens is 236 g/mol. The van der Waals surface area contributed by atoms with E-state index >= 15 is 0 Å². The number of amides is 1. The third-order valence-electron chi connectivity index (χ3n) is 3.90. The van der Waals surface area contributed by atoms with E-state index in [-0.39, 0.29) is 5.91 Å². The van der Waals surface area contributed by atoms with Gasteiger partial charge in [-0.25, -0.2) is 0 Å². The van der Waals surface area contributed by atoms with Crippen molar-refractivity contribution in [2.24, 2.45) is 0 Å². The Kier molecular flexibility index (Phi) is 3.11. The quantitative estimate of drug-likeness (QED) is 0.874. The molecular formula is C16H18N2O. The van der Waals surface area contributed by atoms with E-state index in [1.807, 2.05) is 12.1 Å². The Morgan fingerprint density at radius 2 is 1.95 bits per heavy atom. The van der Waals surface area contributed by atoms with Crippen LogP contribution in [0.2, 0.25) is 0 Å². The number of allylic oxidation sites excluding steroid dienone is 3. The topological polar surface area (TPSA) is 32.3 Å². The number of carbonyl (C=O) groups excluding carboxylic acids is 1. The Morgan fingerprint density at radius 1 is 1.21 bits per heavy atom. The molecule has 0 atom stereocenters. The van der Waals surface area contributed by atoms with Gasteiger partial charge in [-0.2, -0.15) is 0 Å². The Labute approximate surface area is 113 Å². The predicted octanol–water partition coefficient (Wildman–Crippen LogP) is 1.90. The zero-order valence-electron chi connectivity index (χ0n) is 11.1. The van der Waals surface area contributed by atoms with Gasteiger partial charge in [0, 0.05) is 31.4 Å². The summed E-state index contributed by atoms with van der Waals surface area (Å²) in [5, 5.41) is 2.68. The Hall–Kier alpha value is -2.03. The fraction of sp³-hybridized carbons (Fsp3) is 0.312. The molecule has 0 saturated heterocycles. The summed E-state index contributed by atoms with van der Waals surface area (Å²) in [6.45, 7) is 2.09. The number of nitrogens with one attached hydrogen (secondary N) is 1. The Bertz CT molecular complexity index is 572. The second-order valence-corrected chi connectivity index (χ2v) is 5.00. The third kappa shape index (κ3) is 2.28. The SMILES string of the molecule is CNC(=O)c1ccc2c(c1)CCN(C1=CC=C1)CC2.